The van der Waals surface area contributed by atoms with Crippen LogP contribution < -0.4 is 0 Å². The number of morpholine rings is 1. The van der Waals surface area contributed by atoms with Gasteiger partial charge in [0.1, 0.15) is 11.4 Å². The fraction of sp³-hybridized carbons (Fsp3) is 0.500. The molecular formula is C20H22F3N3O2. The minimum atomic E-state index is -4.50. The second-order valence-electron chi connectivity index (χ2n) is 7.49. The van der Waals surface area contributed by atoms with Gasteiger partial charge in [-0.3, -0.25) is 0 Å². The van der Waals surface area contributed by atoms with E-state index in [1.54, 1.807) is 0 Å². The van der Waals surface area contributed by atoms with E-state index in [-0.39, 0.29) is 6.10 Å². The molecule has 0 unspecified atom stereocenters. The number of phenolic OH excluding ortho intramolecular Hbond substituents is 1. The summed E-state index contributed by atoms with van der Waals surface area (Å²) in [5, 5.41) is 18.9. The van der Waals surface area contributed by atoms with Crippen molar-refractivity contribution in [2.24, 2.45) is 0 Å². The van der Waals surface area contributed by atoms with Gasteiger partial charge in [0, 0.05) is 25.1 Å². The van der Waals surface area contributed by atoms with E-state index in [0.717, 1.165) is 61.3 Å². The maximum atomic E-state index is 12.9. The first-order chi connectivity index (χ1) is 13.3. The zero-order valence-corrected chi connectivity index (χ0v) is 15.6. The average molecular weight is 393 g/mol. The summed E-state index contributed by atoms with van der Waals surface area (Å²) in [4.78, 5) is 2.22. The van der Waals surface area contributed by atoms with Gasteiger partial charge in [-0.1, -0.05) is 0 Å². The molecule has 8 heteroatoms. The van der Waals surface area contributed by atoms with Crippen molar-refractivity contribution in [2.75, 3.05) is 26.7 Å². The van der Waals surface area contributed by atoms with E-state index < -0.39 is 17.5 Å². The second kappa shape index (κ2) is 7.33. The highest BCUT2D eigenvalue weighted by molar-refractivity contribution is 5.71. The molecule has 1 atom stereocenters. The molecular weight excluding hydrogens is 371 g/mol. The summed E-state index contributed by atoms with van der Waals surface area (Å²) in [6.07, 6.45) is -1.20. The normalized spacial score (nSPS) is 20.4. The van der Waals surface area contributed by atoms with Crippen molar-refractivity contribution in [1.29, 1.82) is 0 Å². The SMILES string of the molecule is CN1CCO[C@H](Cc2nnc(-c3ccc(C(F)(F)F)cc3O)c3c2CCC3)C1. The maximum Gasteiger partial charge on any atom is 0.416 e. The molecule has 0 radical (unpaired) electrons. The molecule has 2 aliphatic rings. The Balaban J connectivity index is 1.66. The molecule has 5 nitrogen and oxygen atoms in total. The third kappa shape index (κ3) is 3.71. The fourth-order valence-corrected chi connectivity index (χ4v) is 4.05. The molecule has 28 heavy (non-hydrogen) atoms. The van der Waals surface area contributed by atoms with E-state index in [1.165, 1.54) is 6.07 Å². The summed E-state index contributed by atoms with van der Waals surface area (Å²) in [6.45, 7) is 2.43. The number of aromatic hydroxyl groups is 1. The Morgan fingerprint density at radius 1 is 1.21 bits per heavy atom. The first-order valence-electron chi connectivity index (χ1n) is 9.41. The minimum Gasteiger partial charge on any atom is -0.507 e. The highest BCUT2D eigenvalue weighted by atomic mass is 19.4. The molecule has 1 fully saturated rings. The Morgan fingerprint density at radius 3 is 2.71 bits per heavy atom. The lowest BCUT2D eigenvalue weighted by Crippen LogP contribution is -2.41. The Bertz CT molecular complexity index is 886. The third-order valence-electron chi connectivity index (χ3n) is 5.47. The molecule has 0 saturated carbocycles. The van der Waals surface area contributed by atoms with Crippen LogP contribution >= 0.6 is 0 Å². The molecule has 1 aliphatic heterocycles. The molecule has 1 N–H and O–H groups in total. The van der Waals surface area contributed by atoms with Crippen LogP contribution in [-0.4, -0.2) is 53.1 Å². The first-order valence-corrected chi connectivity index (χ1v) is 9.41. The number of phenols is 1. The first kappa shape index (κ1) is 19.1. The van der Waals surface area contributed by atoms with Gasteiger partial charge in [-0.2, -0.15) is 18.3 Å². The van der Waals surface area contributed by atoms with Crippen molar-refractivity contribution in [3.8, 4) is 17.0 Å². The summed E-state index contributed by atoms with van der Waals surface area (Å²) < 4.78 is 44.4. The molecule has 1 aromatic heterocycles. The number of nitrogens with zero attached hydrogens (tertiary/aromatic N) is 3. The number of halogens is 3. The van der Waals surface area contributed by atoms with E-state index >= 15 is 0 Å². The second-order valence-corrected chi connectivity index (χ2v) is 7.49. The van der Waals surface area contributed by atoms with Crippen LogP contribution in [0.5, 0.6) is 5.75 Å². The van der Waals surface area contributed by atoms with Crippen molar-refractivity contribution in [1.82, 2.24) is 15.1 Å². The van der Waals surface area contributed by atoms with Crippen molar-refractivity contribution < 1.29 is 23.0 Å². The van der Waals surface area contributed by atoms with E-state index in [1.807, 2.05) is 0 Å². The molecule has 1 aromatic carbocycles. The van der Waals surface area contributed by atoms with Gasteiger partial charge in [-0.25, -0.2) is 0 Å². The van der Waals surface area contributed by atoms with Crippen molar-refractivity contribution in [3.63, 3.8) is 0 Å². The van der Waals surface area contributed by atoms with E-state index in [2.05, 4.69) is 22.1 Å². The van der Waals surface area contributed by atoms with Gasteiger partial charge in [-0.15, -0.1) is 5.10 Å². The van der Waals surface area contributed by atoms with Crippen LogP contribution in [0.25, 0.3) is 11.3 Å². The number of ether oxygens (including phenoxy) is 1. The maximum absolute atomic E-state index is 12.9. The van der Waals surface area contributed by atoms with Crippen LogP contribution in [0.15, 0.2) is 18.2 Å². The number of likely N-dealkylation sites (N-methyl/N-ethyl adjacent to an activating group) is 1. The van der Waals surface area contributed by atoms with Gasteiger partial charge < -0.3 is 14.7 Å². The van der Waals surface area contributed by atoms with E-state index in [0.29, 0.717) is 24.3 Å². The Labute approximate surface area is 161 Å². The lowest BCUT2D eigenvalue weighted by atomic mass is 9.98. The molecule has 0 amide bonds. The zero-order valence-electron chi connectivity index (χ0n) is 15.6. The number of aromatic nitrogens is 2. The molecule has 2 heterocycles. The molecule has 1 aliphatic carbocycles. The monoisotopic (exact) mass is 393 g/mol. The fourth-order valence-electron chi connectivity index (χ4n) is 4.05. The number of hydrogen-bond donors (Lipinski definition) is 1. The Hall–Kier alpha value is -2.19. The van der Waals surface area contributed by atoms with Crippen LogP contribution in [0.4, 0.5) is 13.2 Å². The Morgan fingerprint density at radius 2 is 2.00 bits per heavy atom. The number of benzene rings is 1. The zero-order chi connectivity index (χ0) is 19.9. The van der Waals surface area contributed by atoms with Gasteiger partial charge >= 0.3 is 6.18 Å². The van der Waals surface area contributed by atoms with Crippen LogP contribution in [0.1, 0.15) is 28.8 Å². The summed E-state index contributed by atoms with van der Waals surface area (Å²) in [5.74, 6) is -0.428. The van der Waals surface area contributed by atoms with Crippen LogP contribution in [0, 0.1) is 0 Å². The van der Waals surface area contributed by atoms with Crippen molar-refractivity contribution >= 4 is 0 Å². The van der Waals surface area contributed by atoms with E-state index in [4.69, 9.17) is 4.74 Å². The summed E-state index contributed by atoms with van der Waals surface area (Å²) in [6, 6.07) is 3.00. The smallest absolute Gasteiger partial charge is 0.416 e. The van der Waals surface area contributed by atoms with Crippen LogP contribution in [-0.2, 0) is 30.2 Å². The summed E-state index contributed by atoms with van der Waals surface area (Å²) in [7, 11) is 2.06. The molecule has 0 bridgehead atoms. The minimum absolute atomic E-state index is 0.0584. The lowest BCUT2D eigenvalue weighted by Gasteiger charge is -2.30. The number of hydrogen-bond acceptors (Lipinski definition) is 5. The van der Waals surface area contributed by atoms with E-state index in [9.17, 15) is 18.3 Å². The molecule has 0 spiro atoms. The van der Waals surface area contributed by atoms with Crippen molar-refractivity contribution in [2.45, 2.75) is 38.0 Å². The molecule has 1 saturated heterocycles. The largest absolute Gasteiger partial charge is 0.507 e. The number of rotatable bonds is 3. The standard InChI is InChI=1S/C20H22F3N3O2/c1-26-7-8-28-13(11-26)10-17-14-3-2-4-15(14)19(25-24-17)16-6-5-12(9-18(16)27)20(21,22)23/h5-6,9,13,27H,2-4,7-8,10-11H2,1H3/t13-/m1/s1. The topological polar surface area (TPSA) is 58.5 Å². The Kier molecular flexibility index (Phi) is 5.01. The molecule has 4 rings (SSSR count). The van der Waals surface area contributed by atoms with Gasteiger partial charge in [0.15, 0.2) is 0 Å². The highest BCUT2D eigenvalue weighted by Gasteiger charge is 2.32. The van der Waals surface area contributed by atoms with Gasteiger partial charge in [0.2, 0.25) is 0 Å². The van der Waals surface area contributed by atoms with Crippen LogP contribution in [0.2, 0.25) is 0 Å². The van der Waals surface area contributed by atoms with Gasteiger partial charge in [-0.05, 0) is 55.6 Å². The third-order valence-corrected chi connectivity index (χ3v) is 5.47. The van der Waals surface area contributed by atoms with Gasteiger partial charge in [0.05, 0.1) is 24.0 Å². The van der Waals surface area contributed by atoms with Crippen molar-refractivity contribution in [3.05, 3.63) is 40.6 Å². The number of fused-ring (bicyclic) bond motifs is 1. The molecule has 150 valence electrons. The average Bonchev–Trinajstić information content (AvgIpc) is 3.12. The predicted molar refractivity (Wildman–Crippen MR) is 97.1 cm³/mol. The van der Waals surface area contributed by atoms with Gasteiger partial charge in [0.25, 0.3) is 0 Å². The summed E-state index contributed by atoms with van der Waals surface area (Å²) in [5.41, 5.74) is 2.85. The quantitative estimate of drug-likeness (QED) is 0.868. The van der Waals surface area contributed by atoms with Crippen LogP contribution in [0.3, 0.4) is 0 Å². The summed E-state index contributed by atoms with van der Waals surface area (Å²) >= 11 is 0. The molecule has 2 aromatic rings. The predicted octanol–water partition coefficient (Wildman–Crippen LogP) is 3.23. The number of alkyl halides is 3. The highest BCUT2D eigenvalue weighted by Crippen LogP contribution is 2.39. The lowest BCUT2D eigenvalue weighted by molar-refractivity contribution is -0.137.